The summed E-state index contributed by atoms with van der Waals surface area (Å²) in [6.07, 6.45) is 5.67. The fourth-order valence-corrected chi connectivity index (χ4v) is 1.12. The molecule has 1 aromatic heterocycles. The lowest BCUT2D eigenvalue weighted by molar-refractivity contribution is 0.477. The van der Waals surface area contributed by atoms with Gasteiger partial charge in [-0.15, -0.1) is 0 Å². The third-order valence-corrected chi connectivity index (χ3v) is 1.74. The highest BCUT2D eigenvalue weighted by Gasteiger charge is 2.01. The summed E-state index contributed by atoms with van der Waals surface area (Å²) in [7, 11) is 0. The van der Waals surface area contributed by atoms with Gasteiger partial charge >= 0.3 is 0 Å². The van der Waals surface area contributed by atoms with Crippen molar-refractivity contribution in [1.29, 1.82) is 0 Å². The Hall–Kier alpha value is -1.90. The van der Waals surface area contributed by atoms with Crippen LogP contribution in [0.25, 0.3) is 11.1 Å². The molecular weight excluding hydrogens is 164 g/mol. The van der Waals surface area contributed by atoms with Crippen molar-refractivity contribution in [2.45, 2.75) is 0 Å². The number of benzene rings is 1. The van der Waals surface area contributed by atoms with Gasteiger partial charge in [-0.25, -0.2) is 9.97 Å². The van der Waals surface area contributed by atoms with Crippen LogP contribution in [0.3, 0.4) is 0 Å². The van der Waals surface area contributed by atoms with Gasteiger partial charge in [0.15, 0.2) is 6.33 Å². The van der Waals surface area contributed by atoms with Crippen molar-refractivity contribution < 1.29 is 5.11 Å². The Morgan fingerprint density at radius 2 is 1.77 bits per heavy atom. The summed E-state index contributed by atoms with van der Waals surface area (Å²) in [6, 6.07) is 7.07. The van der Waals surface area contributed by atoms with Gasteiger partial charge in [-0.1, -0.05) is 18.2 Å². The first kappa shape index (κ1) is 7.73. The van der Waals surface area contributed by atoms with Crippen LogP contribution in [0, 0.1) is 6.33 Å². The molecule has 0 unspecified atom stereocenters. The van der Waals surface area contributed by atoms with Crippen molar-refractivity contribution in [3.63, 3.8) is 0 Å². The van der Waals surface area contributed by atoms with E-state index in [-0.39, 0.29) is 5.75 Å². The van der Waals surface area contributed by atoms with Crippen molar-refractivity contribution in [3.8, 4) is 16.9 Å². The van der Waals surface area contributed by atoms with Gasteiger partial charge in [-0.05, 0) is 6.07 Å². The zero-order valence-electron chi connectivity index (χ0n) is 6.81. The molecule has 2 aromatic rings. The predicted octanol–water partition coefficient (Wildman–Crippen LogP) is 1.65. The molecule has 3 nitrogen and oxygen atoms in total. The molecule has 1 heterocycles. The lowest BCUT2D eigenvalue weighted by Gasteiger charge is -2.01. The molecular formula is C10H7N2O. The van der Waals surface area contributed by atoms with Gasteiger partial charge in [-0.3, -0.25) is 0 Å². The van der Waals surface area contributed by atoms with E-state index in [0.29, 0.717) is 0 Å². The van der Waals surface area contributed by atoms with E-state index < -0.39 is 0 Å². The van der Waals surface area contributed by atoms with Crippen molar-refractivity contribution in [3.05, 3.63) is 43.0 Å². The molecule has 1 radical (unpaired) electrons. The van der Waals surface area contributed by atoms with Crippen LogP contribution in [0.2, 0.25) is 0 Å². The zero-order chi connectivity index (χ0) is 9.10. The third kappa shape index (κ3) is 1.49. The van der Waals surface area contributed by atoms with Crippen LogP contribution in [0.5, 0.6) is 5.75 Å². The molecule has 2 rings (SSSR count). The van der Waals surface area contributed by atoms with Gasteiger partial charge in [-0.2, -0.15) is 0 Å². The summed E-state index contributed by atoms with van der Waals surface area (Å²) in [5, 5.41) is 9.50. The van der Waals surface area contributed by atoms with Crippen LogP contribution >= 0.6 is 0 Å². The predicted molar refractivity (Wildman–Crippen MR) is 48.0 cm³/mol. The second-order valence-electron chi connectivity index (χ2n) is 2.59. The number of aromatic nitrogens is 2. The zero-order valence-corrected chi connectivity index (χ0v) is 6.81. The molecule has 1 N–H and O–H groups in total. The molecule has 1 aromatic carbocycles. The maximum atomic E-state index is 9.50. The minimum Gasteiger partial charge on any atom is -0.507 e. The van der Waals surface area contributed by atoms with Crippen LogP contribution in [0.4, 0.5) is 0 Å². The molecule has 0 spiro atoms. The van der Waals surface area contributed by atoms with Crippen molar-refractivity contribution in [2.75, 3.05) is 0 Å². The topological polar surface area (TPSA) is 46.0 Å². The Balaban J connectivity index is 2.54. The largest absolute Gasteiger partial charge is 0.507 e. The molecule has 63 valence electrons. The molecule has 13 heavy (non-hydrogen) atoms. The molecule has 0 fully saturated rings. The molecule has 0 aliphatic carbocycles. The van der Waals surface area contributed by atoms with Crippen LogP contribution < -0.4 is 0 Å². The Bertz CT molecular complexity index is 401. The molecule has 0 aliphatic heterocycles. The molecule has 3 heteroatoms. The minimum atomic E-state index is 0.234. The first-order valence-corrected chi connectivity index (χ1v) is 3.84. The van der Waals surface area contributed by atoms with E-state index in [0.717, 1.165) is 11.1 Å². The molecule has 0 atom stereocenters. The van der Waals surface area contributed by atoms with E-state index in [1.807, 2.05) is 12.1 Å². The first-order chi connectivity index (χ1) is 6.38. The fourth-order valence-electron chi connectivity index (χ4n) is 1.12. The SMILES string of the molecule is Oc1ccccc1-c1cn[c]nc1. The number of nitrogens with zero attached hydrogens (tertiary/aromatic N) is 2. The van der Waals surface area contributed by atoms with Gasteiger partial charge in [0.05, 0.1) is 0 Å². The summed E-state index contributed by atoms with van der Waals surface area (Å²) in [4.78, 5) is 7.51. The van der Waals surface area contributed by atoms with Crippen LogP contribution in [0.1, 0.15) is 0 Å². The van der Waals surface area contributed by atoms with E-state index in [2.05, 4.69) is 16.3 Å². The summed E-state index contributed by atoms with van der Waals surface area (Å²) >= 11 is 0. The highest BCUT2D eigenvalue weighted by atomic mass is 16.3. The van der Waals surface area contributed by atoms with Gasteiger partial charge in [0.1, 0.15) is 5.75 Å². The summed E-state index contributed by atoms with van der Waals surface area (Å²) in [5.41, 5.74) is 1.52. The number of aromatic hydroxyl groups is 1. The van der Waals surface area contributed by atoms with E-state index in [1.165, 1.54) is 0 Å². The number of hydrogen-bond acceptors (Lipinski definition) is 3. The second kappa shape index (κ2) is 3.23. The van der Waals surface area contributed by atoms with Gasteiger partial charge in [0.2, 0.25) is 0 Å². The highest BCUT2D eigenvalue weighted by molar-refractivity contribution is 5.68. The maximum absolute atomic E-state index is 9.50. The molecule has 0 aliphatic rings. The average molecular weight is 171 g/mol. The van der Waals surface area contributed by atoms with Crippen molar-refractivity contribution in [2.24, 2.45) is 0 Å². The summed E-state index contributed by atoms with van der Waals surface area (Å²) in [5.74, 6) is 0.234. The normalized spacial score (nSPS) is 9.85. The first-order valence-electron chi connectivity index (χ1n) is 3.84. The molecule has 0 amide bonds. The third-order valence-electron chi connectivity index (χ3n) is 1.74. The number of phenolic OH excluding ortho intramolecular Hbond substituents is 1. The summed E-state index contributed by atoms with van der Waals surface area (Å²) in [6.45, 7) is 0. The summed E-state index contributed by atoms with van der Waals surface area (Å²) < 4.78 is 0. The van der Waals surface area contributed by atoms with Gasteiger partial charge < -0.3 is 5.11 Å². The highest BCUT2D eigenvalue weighted by Crippen LogP contribution is 2.26. The number of rotatable bonds is 1. The number of para-hydroxylation sites is 1. The van der Waals surface area contributed by atoms with Crippen molar-refractivity contribution >= 4 is 0 Å². The lowest BCUT2D eigenvalue weighted by Crippen LogP contribution is -1.82. The number of hydrogen-bond donors (Lipinski definition) is 1. The molecule has 0 saturated heterocycles. The van der Waals surface area contributed by atoms with E-state index in [1.54, 1.807) is 24.5 Å². The van der Waals surface area contributed by atoms with Crippen LogP contribution in [-0.4, -0.2) is 15.1 Å². The monoisotopic (exact) mass is 171 g/mol. The van der Waals surface area contributed by atoms with Gasteiger partial charge in [0, 0.05) is 23.5 Å². The second-order valence-corrected chi connectivity index (χ2v) is 2.59. The molecule has 0 saturated carbocycles. The van der Waals surface area contributed by atoms with Crippen LogP contribution in [0.15, 0.2) is 36.7 Å². The Morgan fingerprint density at radius 3 is 2.46 bits per heavy atom. The number of phenols is 1. The van der Waals surface area contributed by atoms with Gasteiger partial charge in [0.25, 0.3) is 0 Å². The smallest absolute Gasteiger partial charge is 0.197 e. The minimum absolute atomic E-state index is 0.234. The van der Waals surface area contributed by atoms with Crippen LogP contribution in [-0.2, 0) is 0 Å². The quantitative estimate of drug-likeness (QED) is 0.709. The lowest BCUT2D eigenvalue weighted by atomic mass is 10.1. The Kier molecular flexibility index (Phi) is 1.92. The van der Waals surface area contributed by atoms with E-state index in [4.69, 9.17) is 0 Å². The Labute approximate surface area is 75.7 Å². The average Bonchev–Trinajstić information content (AvgIpc) is 2.20. The molecule has 0 bridgehead atoms. The Morgan fingerprint density at radius 1 is 1.08 bits per heavy atom. The fraction of sp³-hybridized carbons (Fsp3) is 0. The van der Waals surface area contributed by atoms with E-state index >= 15 is 0 Å². The standard InChI is InChI=1S/C10H7N2O/c13-10-4-2-1-3-9(10)8-5-11-7-12-6-8/h1-6,13H. The van der Waals surface area contributed by atoms with E-state index in [9.17, 15) is 5.11 Å². The maximum Gasteiger partial charge on any atom is 0.197 e. The van der Waals surface area contributed by atoms with Crippen molar-refractivity contribution in [1.82, 2.24) is 9.97 Å².